The maximum atomic E-state index is 13.3. The highest BCUT2D eigenvalue weighted by Gasteiger charge is 2.16. The van der Waals surface area contributed by atoms with Crippen molar-refractivity contribution in [3.05, 3.63) is 35.6 Å². The second-order valence-corrected chi connectivity index (χ2v) is 4.26. The van der Waals surface area contributed by atoms with Crippen molar-refractivity contribution in [2.24, 2.45) is 0 Å². The Balaban J connectivity index is 2.53. The van der Waals surface area contributed by atoms with Crippen molar-refractivity contribution in [3.8, 4) is 0 Å². The molecule has 1 aromatic carbocycles. The molecule has 3 heteroatoms. The van der Waals surface area contributed by atoms with E-state index in [-0.39, 0.29) is 11.4 Å². The third-order valence-corrected chi connectivity index (χ3v) is 2.22. The molecule has 1 aromatic rings. The minimum absolute atomic E-state index is 0.142. The van der Waals surface area contributed by atoms with Gasteiger partial charge >= 0.3 is 0 Å². The molecule has 0 radical (unpaired) electrons. The molecule has 0 bridgehead atoms. The first-order chi connectivity index (χ1) is 7.05. The van der Waals surface area contributed by atoms with Gasteiger partial charge in [0.2, 0.25) is 0 Å². The number of nitrogens with one attached hydrogen (secondary N) is 1. The molecule has 0 unspecified atom stereocenters. The topological polar surface area (TPSA) is 21.3 Å². The van der Waals surface area contributed by atoms with Gasteiger partial charge in [-0.2, -0.15) is 0 Å². The van der Waals surface area contributed by atoms with Crippen LogP contribution in [0, 0.1) is 5.82 Å². The average molecular weight is 211 g/mol. The molecule has 0 spiro atoms. The van der Waals surface area contributed by atoms with Crippen LogP contribution in [0.3, 0.4) is 0 Å². The van der Waals surface area contributed by atoms with E-state index < -0.39 is 0 Å². The summed E-state index contributed by atoms with van der Waals surface area (Å²) in [5, 5.41) is 3.25. The maximum Gasteiger partial charge on any atom is 0.127 e. The number of benzene rings is 1. The highest BCUT2D eigenvalue weighted by molar-refractivity contribution is 5.17. The standard InChI is InChI=1S/C12H18FNO/c1-12(2,9-15-3)14-8-10-6-4-5-7-11(10)13/h4-7,14H,8-9H2,1-3H3. The van der Waals surface area contributed by atoms with E-state index in [1.807, 2.05) is 19.9 Å². The van der Waals surface area contributed by atoms with Gasteiger partial charge in [0.25, 0.3) is 0 Å². The normalized spacial score (nSPS) is 11.7. The first-order valence-electron chi connectivity index (χ1n) is 5.02. The number of methoxy groups -OCH3 is 1. The lowest BCUT2D eigenvalue weighted by Crippen LogP contribution is -2.42. The minimum atomic E-state index is -0.168. The van der Waals surface area contributed by atoms with Gasteiger partial charge in [0.1, 0.15) is 5.82 Å². The predicted molar refractivity (Wildman–Crippen MR) is 59.2 cm³/mol. The van der Waals surface area contributed by atoms with Crippen LogP contribution in [0.2, 0.25) is 0 Å². The molecule has 0 aliphatic carbocycles. The van der Waals surface area contributed by atoms with Gasteiger partial charge in [-0.25, -0.2) is 4.39 Å². The van der Waals surface area contributed by atoms with Gasteiger partial charge in [-0.15, -0.1) is 0 Å². The number of ether oxygens (including phenoxy) is 1. The molecular formula is C12H18FNO. The monoisotopic (exact) mass is 211 g/mol. The van der Waals surface area contributed by atoms with Crippen molar-refractivity contribution in [1.82, 2.24) is 5.32 Å². The van der Waals surface area contributed by atoms with Crippen LogP contribution in [0.15, 0.2) is 24.3 Å². The summed E-state index contributed by atoms with van der Waals surface area (Å²) >= 11 is 0. The molecule has 0 aliphatic heterocycles. The fourth-order valence-corrected chi connectivity index (χ4v) is 1.39. The molecule has 0 saturated carbocycles. The van der Waals surface area contributed by atoms with Gasteiger partial charge < -0.3 is 10.1 Å². The van der Waals surface area contributed by atoms with E-state index in [9.17, 15) is 4.39 Å². The van der Waals surface area contributed by atoms with E-state index >= 15 is 0 Å². The fraction of sp³-hybridized carbons (Fsp3) is 0.500. The van der Waals surface area contributed by atoms with Gasteiger partial charge in [0.15, 0.2) is 0 Å². The van der Waals surface area contributed by atoms with Crippen LogP contribution in [0.1, 0.15) is 19.4 Å². The zero-order chi connectivity index (χ0) is 11.3. The molecule has 1 rings (SSSR count). The quantitative estimate of drug-likeness (QED) is 0.807. The number of halogens is 1. The third-order valence-electron chi connectivity index (χ3n) is 2.22. The van der Waals surface area contributed by atoms with E-state index in [0.29, 0.717) is 18.7 Å². The van der Waals surface area contributed by atoms with Crippen molar-refractivity contribution >= 4 is 0 Å². The summed E-state index contributed by atoms with van der Waals surface area (Å²) in [6.45, 7) is 5.17. The van der Waals surface area contributed by atoms with Gasteiger partial charge in [0, 0.05) is 24.8 Å². The lowest BCUT2D eigenvalue weighted by Gasteiger charge is -2.25. The lowest BCUT2D eigenvalue weighted by atomic mass is 10.1. The summed E-state index contributed by atoms with van der Waals surface area (Å²) in [7, 11) is 1.66. The summed E-state index contributed by atoms with van der Waals surface area (Å²) in [5.41, 5.74) is 0.540. The van der Waals surface area contributed by atoms with Crippen molar-refractivity contribution in [2.45, 2.75) is 25.9 Å². The summed E-state index contributed by atoms with van der Waals surface area (Å²) in [5.74, 6) is -0.168. The van der Waals surface area contributed by atoms with Crippen LogP contribution in [0.25, 0.3) is 0 Å². The average Bonchev–Trinajstić information content (AvgIpc) is 2.16. The number of rotatable bonds is 5. The van der Waals surface area contributed by atoms with Crippen LogP contribution >= 0.6 is 0 Å². The zero-order valence-electron chi connectivity index (χ0n) is 9.51. The highest BCUT2D eigenvalue weighted by atomic mass is 19.1. The fourth-order valence-electron chi connectivity index (χ4n) is 1.39. The van der Waals surface area contributed by atoms with Crippen LogP contribution in [0.4, 0.5) is 4.39 Å². The smallest absolute Gasteiger partial charge is 0.127 e. The number of hydrogen-bond acceptors (Lipinski definition) is 2. The molecule has 0 saturated heterocycles. The van der Waals surface area contributed by atoms with Crippen molar-refractivity contribution in [2.75, 3.05) is 13.7 Å². The predicted octanol–water partition coefficient (Wildman–Crippen LogP) is 2.34. The Bertz CT molecular complexity index is 312. The van der Waals surface area contributed by atoms with Crippen molar-refractivity contribution < 1.29 is 9.13 Å². The Morgan fingerprint density at radius 3 is 2.60 bits per heavy atom. The molecule has 0 heterocycles. The minimum Gasteiger partial charge on any atom is -0.383 e. The molecule has 1 N–H and O–H groups in total. The van der Waals surface area contributed by atoms with Crippen molar-refractivity contribution in [1.29, 1.82) is 0 Å². The Morgan fingerprint density at radius 2 is 2.00 bits per heavy atom. The van der Waals surface area contributed by atoms with E-state index in [4.69, 9.17) is 4.74 Å². The van der Waals surface area contributed by atoms with E-state index in [1.54, 1.807) is 19.2 Å². The summed E-state index contributed by atoms with van der Waals surface area (Å²) < 4.78 is 18.3. The molecule has 2 nitrogen and oxygen atoms in total. The molecular weight excluding hydrogens is 193 g/mol. The van der Waals surface area contributed by atoms with Gasteiger partial charge in [-0.05, 0) is 19.9 Å². The molecule has 0 atom stereocenters. The Labute approximate surface area is 90.4 Å². The van der Waals surface area contributed by atoms with E-state index in [2.05, 4.69) is 5.32 Å². The SMILES string of the molecule is COCC(C)(C)NCc1ccccc1F. The molecule has 0 amide bonds. The largest absolute Gasteiger partial charge is 0.383 e. The number of hydrogen-bond donors (Lipinski definition) is 1. The summed E-state index contributed by atoms with van der Waals surface area (Å²) in [6.07, 6.45) is 0. The molecule has 84 valence electrons. The van der Waals surface area contributed by atoms with Crippen LogP contribution in [-0.2, 0) is 11.3 Å². The Morgan fingerprint density at radius 1 is 1.33 bits per heavy atom. The van der Waals surface area contributed by atoms with Gasteiger partial charge in [-0.3, -0.25) is 0 Å². The molecule has 0 aromatic heterocycles. The summed E-state index contributed by atoms with van der Waals surface area (Å²) in [4.78, 5) is 0. The lowest BCUT2D eigenvalue weighted by molar-refractivity contribution is 0.127. The van der Waals surface area contributed by atoms with Gasteiger partial charge in [0.05, 0.1) is 6.61 Å². The zero-order valence-corrected chi connectivity index (χ0v) is 9.51. The second-order valence-electron chi connectivity index (χ2n) is 4.26. The second kappa shape index (κ2) is 5.24. The van der Waals surface area contributed by atoms with Gasteiger partial charge in [-0.1, -0.05) is 18.2 Å². The Kier molecular flexibility index (Phi) is 4.24. The van der Waals surface area contributed by atoms with E-state index in [0.717, 1.165) is 0 Å². The molecule has 0 fully saturated rings. The maximum absolute atomic E-state index is 13.3. The first kappa shape index (κ1) is 12.1. The van der Waals surface area contributed by atoms with Crippen molar-refractivity contribution in [3.63, 3.8) is 0 Å². The highest BCUT2D eigenvalue weighted by Crippen LogP contribution is 2.09. The van der Waals surface area contributed by atoms with Crippen LogP contribution in [0.5, 0.6) is 0 Å². The first-order valence-corrected chi connectivity index (χ1v) is 5.02. The van der Waals surface area contributed by atoms with Crippen LogP contribution in [-0.4, -0.2) is 19.3 Å². The Hall–Kier alpha value is -0.930. The molecule has 0 aliphatic rings. The molecule has 15 heavy (non-hydrogen) atoms. The third kappa shape index (κ3) is 3.98. The van der Waals surface area contributed by atoms with Crippen LogP contribution < -0.4 is 5.32 Å². The van der Waals surface area contributed by atoms with E-state index in [1.165, 1.54) is 6.07 Å². The summed E-state index contributed by atoms with van der Waals surface area (Å²) in [6, 6.07) is 6.79.